The highest BCUT2D eigenvalue weighted by Gasteiger charge is 2.19. The van der Waals surface area contributed by atoms with E-state index in [1.165, 1.54) is 5.39 Å². The topological polar surface area (TPSA) is 37.8 Å². The summed E-state index contributed by atoms with van der Waals surface area (Å²) in [7, 11) is 2.01. The standard InChI is InChI=1S/C12H17N3S/c1-4-10(13-3)8(2)11-9-5-6-16-12(9)15-7-14-11/h5-8,10,13H,4H2,1-3H3. The molecular weight excluding hydrogens is 218 g/mol. The Morgan fingerprint density at radius 2 is 2.25 bits per heavy atom. The summed E-state index contributed by atoms with van der Waals surface area (Å²) in [4.78, 5) is 9.82. The number of hydrogen-bond acceptors (Lipinski definition) is 4. The summed E-state index contributed by atoms with van der Waals surface area (Å²) in [5.41, 5.74) is 1.16. The first-order chi connectivity index (χ1) is 7.77. The Labute approximate surface area is 99.9 Å². The van der Waals surface area contributed by atoms with Gasteiger partial charge in [0.25, 0.3) is 0 Å². The summed E-state index contributed by atoms with van der Waals surface area (Å²) >= 11 is 1.67. The first kappa shape index (κ1) is 11.5. The second-order valence-corrected chi connectivity index (χ2v) is 4.88. The quantitative estimate of drug-likeness (QED) is 0.885. The monoisotopic (exact) mass is 235 g/mol. The van der Waals surface area contributed by atoms with Crippen molar-refractivity contribution in [2.75, 3.05) is 7.05 Å². The van der Waals surface area contributed by atoms with Crippen LogP contribution in [0.25, 0.3) is 10.2 Å². The molecule has 0 bridgehead atoms. The van der Waals surface area contributed by atoms with Crippen molar-refractivity contribution in [1.82, 2.24) is 15.3 Å². The van der Waals surface area contributed by atoms with Gasteiger partial charge in [0, 0.05) is 17.3 Å². The number of aromatic nitrogens is 2. The summed E-state index contributed by atoms with van der Waals surface area (Å²) in [6.45, 7) is 4.42. The van der Waals surface area contributed by atoms with Gasteiger partial charge in [0.2, 0.25) is 0 Å². The number of fused-ring (bicyclic) bond motifs is 1. The number of rotatable bonds is 4. The molecule has 2 unspecified atom stereocenters. The van der Waals surface area contributed by atoms with Gasteiger partial charge in [-0.3, -0.25) is 0 Å². The van der Waals surface area contributed by atoms with Crippen LogP contribution in [0.4, 0.5) is 0 Å². The molecule has 0 amide bonds. The molecule has 2 aromatic heterocycles. The van der Waals surface area contributed by atoms with E-state index in [1.54, 1.807) is 17.7 Å². The maximum absolute atomic E-state index is 4.45. The van der Waals surface area contributed by atoms with E-state index in [2.05, 4.69) is 40.6 Å². The van der Waals surface area contributed by atoms with Gasteiger partial charge in [-0.25, -0.2) is 9.97 Å². The van der Waals surface area contributed by atoms with E-state index in [0.717, 1.165) is 16.9 Å². The van der Waals surface area contributed by atoms with Crippen molar-refractivity contribution in [3.63, 3.8) is 0 Å². The average Bonchev–Trinajstić information content (AvgIpc) is 2.78. The maximum Gasteiger partial charge on any atom is 0.126 e. The SMILES string of the molecule is CCC(NC)C(C)c1ncnc2sccc12. The van der Waals surface area contributed by atoms with Crippen molar-refractivity contribution < 1.29 is 0 Å². The number of thiophene rings is 1. The molecule has 0 aliphatic rings. The van der Waals surface area contributed by atoms with E-state index >= 15 is 0 Å². The smallest absolute Gasteiger partial charge is 0.126 e. The fourth-order valence-corrected chi connectivity index (χ4v) is 2.91. The molecule has 0 spiro atoms. The van der Waals surface area contributed by atoms with Crippen LogP contribution >= 0.6 is 11.3 Å². The van der Waals surface area contributed by atoms with Gasteiger partial charge >= 0.3 is 0 Å². The Morgan fingerprint density at radius 3 is 2.94 bits per heavy atom. The van der Waals surface area contributed by atoms with Gasteiger partial charge in [0.15, 0.2) is 0 Å². The predicted octanol–water partition coefficient (Wildman–Crippen LogP) is 2.79. The summed E-state index contributed by atoms with van der Waals surface area (Å²) in [5.74, 6) is 0.412. The molecular formula is C12H17N3S. The van der Waals surface area contributed by atoms with Gasteiger partial charge < -0.3 is 5.32 Å². The Hall–Kier alpha value is -1.00. The molecule has 0 fully saturated rings. The van der Waals surface area contributed by atoms with Crippen LogP contribution in [0.3, 0.4) is 0 Å². The van der Waals surface area contributed by atoms with Crippen molar-refractivity contribution in [3.05, 3.63) is 23.5 Å². The zero-order valence-corrected chi connectivity index (χ0v) is 10.7. The van der Waals surface area contributed by atoms with Crippen LogP contribution in [-0.2, 0) is 0 Å². The molecule has 2 heterocycles. The van der Waals surface area contributed by atoms with Crippen LogP contribution < -0.4 is 5.32 Å². The van der Waals surface area contributed by atoms with Gasteiger partial charge in [-0.05, 0) is 24.9 Å². The van der Waals surface area contributed by atoms with E-state index in [-0.39, 0.29) is 0 Å². The zero-order chi connectivity index (χ0) is 11.5. The zero-order valence-electron chi connectivity index (χ0n) is 9.90. The Bertz CT molecular complexity index is 462. The minimum Gasteiger partial charge on any atom is -0.316 e. The molecule has 0 aliphatic carbocycles. The summed E-state index contributed by atoms with van der Waals surface area (Å²) in [6.07, 6.45) is 2.78. The lowest BCUT2D eigenvalue weighted by Crippen LogP contribution is -2.30. The molecule has 0 aliphatic heterocycles. The molecule has 2 rings (SSSR count). The van der Waals surface area contributed by atoms with Crippen molar-refractivity contribution in [1.29, 1.82) is 0 Å². The van der Waals surface area contributed by atoms with Crippen LogP contribution in [0.5, 0.6) is 0 Å². The van der Waals surface area contributed by atoms with Crippen LogP contribution in [0.15, 0.2) is 17.8 Å². The Morgan fingerprint density at radius 1 is 1.44 bits per heavy atom. The highest BCUT2D eigenvalue weighted by Crippen LogP contribution is 2.28. The van der Waals surface area contributed by atoms with E-state index in [9.17, 15) is 0 Å². The fraction of sp³-hybridized carbons (Fsp3) is 0.500. The van der Waals surface area contributed by atoms with E-state index in [4.69, 9.17) is 0 Å². The summed E-state index contributed by atoms with van der Waals surface area (Å²) in [5, 5.41) is 6.63. The van der Waals surface area contributed by atoms with Gasteiger partial charge in [-0.15, -0.1) is 11.3 Å². The molecule has 0 saturated heterocycles. The fourth-order valence-electron chi connectivity index (χ4n) is 2.17. The maximum atomic E-state index is 4.45. The third kappa shape index (κ3) is 1.95. The van der Waals surface area contributed by atoms with Gasteiger partial charge in [-0.1, -0.05) is 13.8 Å². The molecule has 0 aromatic carbocycles. The van der Waals surface area contributed by atoms with E-state index in [1.807, 2.05) is 7.05 Å². The molecule has 0 radical (unpaired) electrons. The lowest BCUT2D eigenvalue weighted by Gasteiger charge is -2.21. The molecule has 2 atom stereocenters. The molecule has 86 valence electrons. The lowest BCUT2D eigenvalue weighted by molar-refractivity contribution is 0.468. The first-order valence-corrected chi connectivity index (χ1v) is 6.51. The van der Waals surface area contributed by atoms with Gasteiger partial charge in [-0.2, -0.15) is 0 Å². The Balaban J connectivity index is 2.42. The molecule has 16 heavy (non-hydrogen) atoms. The highest BCUT2D eigenvalue weighted by molar-refractivity contribution is 7.16. The molecule has 4 heteroatoms. The predicted molar refractivity (Wildman–Crippen MR) is 69.0 cm³/mol. The molecule has 2 aromatic rings. The molecule has 1 N–H and O–H groups in total. The average molecular weight is 235 g/mol. The second-order valence-electron chi connectivity index (χ2n) is 3.99. The summed E-state index contributed by atoms with van der Waals surface area (Å²) in [6, 6.07) is 2.59. The van der Waals surface area contributed by atoms with Crippen LogP contribution in [0.2, 0.25) is 0 Å². The third-order valence-electron chi connectivity index (χ3n) is 3.14. The number of nitrogens with zero attached hydrogens (tertiary/aromatic N) is 2. The number of nitrogens with one attached hydrogen (secondary N) is 1. The lowest BCUT2D eigenvalue weighted by atomic mass is 9.94. The second kappa shape index (κ2) is 4.89. The Kier molecular flexibility index (Phi) is 3.51. The van der Waals surface area contributed by atoms with E-state index < -0.39 is 0 Å². The van der Waals surface area contributed by atoms with Gasteiger partial charge in [0.05, 0.1) is 5.69 Å². The highest BCUT2D eigenvalue weighted by atomic mass is 32.1. The minimum absolute atomic E-state index is 0.412. The van der Waals surface area contributed by atoms with Crippen LogP contribution in [0.1, 0.15) is 31.9 Å². The van der Waals surface area contributed by atoms with Crippen LogP contribution in [0, 0.1) is 0 Å². The summed E-state index contributed by atoms with van der Waals surface area (Å²) < 4.78 is 0. The number of likely N-dealkylation sites (N-methyl/N-ethyl adjacent to an activating group) is 1. The van der Waals surface area contributed by atoms with Crippen molar-refractivity contribution >= 4 is 21.6 Å². The van der Waals surface area contributed by atoms with Gasteiger partial charge in [0.1, 0.15) is 11.2 Å². The molecule has 0 saturated carbocycles. The van der Waals surface area contributed by atoms with Crippen molar-refractivity contribution in [2.24, 2.45) is 0 Å². The van der Waals surface area contributed by atoms with Crippen LogP contribution in [-0.4, -0.2) is 23.1 Å². The van der Waals surface area contributed by atoms with E-state index in [0.29, 0.717) is 12.0 Å². The number of hydrogen-bond donors (Lipinski definition) is 1. The normalized spacial score (nSPS) is 15.2. The minimum atomic E-state index is 0.412. The largest absolute Gasteiger partial charge is 0.316 e. The third-order valence-corrected chi connectivity index (χ3v) is 3.96. The van der Waals surface area contributed by atoms with Crippen molar-refractivity contribution in [3.8, 4) is 0 Å². The van der Waals surface area contributed by atoms with Crippen molar-refractivity contribution in [2.45, 2.75) is 32.2 Å². The first-order valence-electron chi connectivity index (χ1n) is 5.63. The molecule has 3 nitrogen and oxygen atoms in total.